The van der Waals surface area contributed by atoms with Crippen molar-refractivity contribution in [1.29, 1.82) is 0 Å². The van der Waals surface area contributed by atoms with Gasteiger partial charge in [0.2, 0.25) is 17.6 Å². The zero-order chi connectivity index (χ0) is 32.2. The monoisotopic (exact) mass is 658 g/mol. The van der Waals surface area contributed by atoms with E-state index in [1.54, 1.807) is 0 Å². The third-order valence-corrected chi connectivity index (χ3v) is 10.2. The highest BCUT2D eigenvalue weighted by atomic mass is 35.5. The molecule has 0 unspecified atom stereocenters. The Morgan fingerprint density at radius 1 is 0.909 bits per heavy atom. The largest absolute Gasteiger partial charge is 0.508 e. The standard InChI is InChI=1S/C28H17Cl2F5N2O7/c1-44-26(43)37-22(39)11-7-6-9-12(14(11)23(37)40)8-27(29)24(41)36(21-19(34)17(32)16(31)18(33)20(21)35)25(42)28(27,30)15(9)10-4-2-3-5-13(10)38/h2-6,11-12,14-15,38H,7-8H2,1H3/t11-,12+,14-,15+,27+,28-/m0/s1. The van der Waals surface area contributed by atoms with Crippen molar-refractivity contribution in [2.24, 2.45) is 17.8 Å². The van der Waals surface area contributed by atoms with Crippen LogP contribution in [-0.2, 0) is 23.9 Å². The van der Waals surface area contributed by atoms with Crippen molar-refractivity contribution in [2.45, 2.75) is 28.5 Å². The van der Waals surface area contributed by atoms with E-state index in [0.29, 0.717) is 0 Å². The molecule has 9 nitrogen and oxygen atoms in total. The predicted octanol–water partition coefficient (Wildman–Crippen LogP) is 4.42. The van der Waals surface area contributed by atoms with Crippen LogP contribution in [0.4, 0.5) is 32.4 Å². The lowest BCUT2D eigenvalue weighted by Crippen LogP contribution is -2.60. The maximum atomic E-state index is 15.0. The van der Waals surface area contributed by atoms with Crippen molar-refractivity contribution >= 4 is 58.6 Å². The van der Waals surface area contributed by atoms with Crippen LogP contribution in [0.25, 0.3) is 0 Å². The smallest absolute Gasteiger partial charge is 0.423 e. The van der Waals surface area contributed by atoms with E-state index in [-0.39, 0.29) is 27.4 Å². The number of methoxy groups -OCH3 is 1. The van der Waals surface area contributed by atoms with Gasteiger partial charge >= 0.3 is 6.09 Å². The fourth-order valence-corrected chi connectivity index (χ4v) is 7.84. The van der Waals surface area contributed by atoms with Crippen molar-refractivity contribution < 1.29 is 55.8 Å². The number of anilines is 1. The van der Waals surface area contributed by atoms with E-state index in [1.165, 1.54) is 30.3 Å². The van der Waals surface area contributed by atoms with Crippen LogP contribution in [-0.4, -0.2) is 56.6 Å². The first-order valence-corrected chi connectivity index (χ1v) is 13.6. The third kappa shape index (κ3) is 3.49. The fourth-order valence-electron chi connectivity index (χ4n) is 6.92. The quantitative estimate of drug-likeness (QED) is 0.127. The van der Waals surface area contributed by atoms with Crippen LogP contribution in [0.2, 0.25) is 0 Å². The molecule has 2 aromatic rings. The minimum absolute atomic E-state index is 0.118. The highest BCUT2D eigenvalue weighted by Crippen LogP contribution is 2.66. The van der Waals surface area contributed by atoms with Gasteiger partial charge in [0.05, 0.1) is 18.9 Å². The molecular weight excluding hydrogens is 642 g/mol. The SMILES string of the molecule is COC(=O)N1C(=O)[C@H]2[C@H](CC=C3[C@H]2C[C@@]2(Cl)C(=O)N(c4c(F)c(F)c(F)c(F)c4F)C(=O)[C@@]2(Cl)[C@H]3c2ccccc2O)C1=O. The van der Waals surface area contributed by atoms with Crippen LogP contribution in [0.5, 0.6) is 5.75 Å². The lowest BCUT2D eigenvalue weighted by Gasteiger charge is -2.50. The molecule has 2 saturated heterocycles. The van der Waals surface area contributed by atoms with Crippen molar-refractivity contribution in [1.82, 2.24) is 4.90 Å². The second kappa shape index (κ2) is 9.73. The summed E-state index contributed by atoms with van der Waals surface area (Å²) in [7, 11) is 0.940. The van der Waals surface area contributed by atoms with E-state index >= 15 is 0 Å². The zero-order valence-corrected chi connectivity index (χ0v) is 23.6. The predicted molar refractivity (Wildman–Crippen MR) is 139 cm³/mol. The number of hydrogen-bond acceptors (Lipinski definition) is 7. The fraction of sp³-hybridized carbons (Fsp3) is 0.321. The van der Waals surface area contributed by atoms with Crippen LogP contribution in [0.3, 0.4) is 0 Å². The second-order valence-electron chi connectivity index (χ2n) is 10.7. The van der Waals surface area contributed by atoms with Crippen LogP contribution in [0.15, 0.2) is 35.9 Å². The number of amides is 5. The maximum Gasteiger partial charge on any atom is 0.423 e. The number of likely N-dealkylation sites (tertiary alicyclic amines) is 1. The average molecular weight is 659 g/mol. The number of allylic oxidation sites excluding steroid dienone is 2. The summed E-state index contributed by atoms with van der Waals surface area (Å²) in [5, 5.41) is 10.8. The molecule has 3 fully saturated rings. The van der Waals surface area contributed by atoms with E-state index < -0.39 is 110 Å². The van der Waals surface area contributed by atoms with E-state index in [4.69, 9.17) is 23.2 Å². The van der Waals surface area contributed by atoms with Crippen molar-refractivity contribution in [3.63, 3.8) is 0 Å². The number of nitrogens with zero attached hydrogens (tertiary/aromatic N) is 2. The lowest BCUT2D eigenvalue weighted by atomic mass is 9.56. The molecule has 230 valence electrons. The number of halogens is 7. The number of fused-ring (bicyclic) bond motifs is 4. The van der Waals surface area contributed by atoms with Gasteiger partial charge in [0, 0.05) is 11.5 Å². The van der Waals surface area contributed by atoms with Gasteiger partial charge in [0.1, 0.15) is 11.4 Å². The number of phenols is 1. The lowest BCUT2D eigenvalue weighted by molar-refractivity contribution is -0.138. The number of phenolic OH excluding ortho intramolecular Hbond substituents is 1. The van der Waals surface area contributed by atoms with Gasteiger partial charge < -0.3 is 9.84 Å². The average Bonchev–Trinajstić information content (AvgIpc) is 3.34. The van der Waals surface area contributed by atoms with Gasteiger partial charge in [-0.3, -0.25) is 19.2 Å². The number of alkyl halides is 2. The summed E-state index contributed by atoms with van der Waals surface area (Å²) in [6.07, 6.45) is -0.779. The molecule has 16 heteroatoms. The molecule has 0 aromatic heterocycles. The minimum atomic E-state index is -2.77. The summed E-state index contributed by atoms with van der Waals surface area (Å²) in [5.74, 6) is -23.6. The van der Waals surface area contributed by atoms with Gasteiger partial charge in [-0.2, -0.15) is 4.90 Å². The number of benzene rings is 2. The topological polar surface area (TPSA) is 121 Å². The van der Waals surface area contributed by atoms with Crippen molar-refractivity contribution in [2.75, 3.05) is 12.0 Å². The number of carbonyl (C=O) groups is 5. The molecule has 0 radical (unpaired) electrons. The van der Waals surface area contributed by atoms with Crippen LogP contribution >= 0.6 is 23.2 Å². The van der Waals surface area contributed by atoms with Crippen molar-refractivity contribution in [3.05, 3.63) is 70.6 Å². The van der Waals surface area contributed by atoms with Gasteiger partial charge in [-0.05, 0) is 24.8 Å². The minimum Gasteiger partial charge on any atom is -0.508 e. The highest BCUT2D eigenvalue weighted by Gasteiger charge is 2.77. The Bertz CT molecular complexity index is 1740. The zero-order valence-electron chi connectivity index (χ0n) is 22.0. The number of rotatable bonds is 2. The molecule has 2 aliphatic carbocycles. The molecular formula is C28H17Cl2F5N2O7. The Labute approximate surface area is 253 Å². The first-order chi connectivity index (χ1) is 20.6. The normalized spacial score (nSPS) is 31.1. The Hall–Kier alpha value is -4.04. The molecule has 44 heavy (non-hydrogen) atoms. The molecule has 1 N–H and O–H groups in total. The number of carbonyl (C=O) groups excluding carboxylic acids is 5. The summed E-state index contributed by atoms with van der Waals surface area (Å²) in [4.78, 5) is 61.4. The van der Waals surface area contributed by atoms with Gasteiger partial charge in [0.15, 0.2) is 33.0 Å². The Morgan fingerprint density at radius 2 is 1.50 bits per heavy atom. The maximum absolute atomic E-state index is 15.0. The highest BCUT2D eigenvalue weighted by molar-refractivity contribution is 6.58. The molecule has 5 amide bonds. The molecule has 2 aromatic carbocycles. The van der Waals surface area contributed by atoms with Gasteiger partial charge in [-0.1, -0.05) is 29.8 Å². The number of ether oxygens (including phenoxy) is 1. The summed E-state index contributed by atoms with van der Waals surface area (Å²) in [6, 6.07) is 5.29. The first kappa shape index (κ1) is 30.0. The molecule has 2 aliphatic heterocycles. The van der Waals surface area contributed by atoms with E-state index in [9.17, 15) is 51.0 Å². The summed E-state index contributed by atoms with van der Waals surface area (Å²) in [6.45, 7) is 0. The molecule has 1 saturated carbocycles. The van der Waals surface area contributed by atoms with Crippen LogP contribution in [0, 0.1) is 46.8 Å². The van der Waals surface area contributed by atoms with Crippen molar-refractivity contribution in [3.8, 4) is 5.75 Å². The van der Waals surface area contributed by atoms with Crippen LogP contribution in [0.1, 0.15) is 24.3 Å². The van der Waals surface area contributed by atoms with E-state index in [1.807, 2.05) is 0 Å². The molecule has 0 spiro atoms. The number of hydrogen-bond donors (Lipinski definition) is 1. The number of imide groups is 4. The van der Waals surface area contributed by atoms with E-state index in [2.05, 4.69) is 4.74 Å². The summed E-state index contributed by atoms with van der Waals surface area (Å²) >= 11 is 13.9. The number of para-hydroxylation sites is 1. The molecule has 0 bridgehead atoms. The first-order valence-electron chi connectivity index (χ1n) is 12.9. The van der Waals surface area contributed by atoms with Gasteiger partial charge in [-0.25, -0.2) is 31.6 Å². The molecule has 2 heterocycles. The van der Waals surface area contributed by atoms with Gasteiger partial charge in [-0.15, -0.1) is 23.2 Å². The van der Waals surface area contributed by atoms with E-state index in [0.717, 1.165) is 7.11 Å². The molecule has 6 atom stereocenters. The molecule has 6 rings (SSSR count). The van der Waals surface area contributed by atoms with Crippen LogP contribution < -0.4 is 4.90 Å². The van der Waals surface area contributed by atoms with Gasteiger partial charge in [0.25, 0.3) is 11.8 Å². The summed E-state index contributed by atoms with van der Waals surface area (Å²) < 4.78 is 76.9. The second-order valence-corrected chi connectivity index (χ2v) is 12.0. The Morgan fingerprint density at radius 3 is 2.09 bits per heavy atom. The Balaban J connectivity index is 1.60. The molecule has 4 aliphatic rings. The number of aromatic hydroxyl groups is 1. The Kier molecular flexibility index (Phi) is 6.64. The third-order valence-electron chi connectivity index (χ3n) is 8.83. The summed E-state index contributed by atoms with van der Waals surface area (Å²) in [5.41, 5.74) is -1.93.